The van der Waals surface area contributed by atoms with Crippen LogP contribution in [0.25, 0.3) is 0 Å². The maximum Gasteiger partial charge on any atom is 0.256 e. The first-order chi connectivity index (χ1) is 7.79. The molecular formula is C9H9N5OS. The van der Waals surface area contributed by atoms with Crippen molar-refractivity contribution in [1.29, 1.82) is 0 Å². The van der Waals surface area contributed by atoms with Crippen molar-refractivity contribution < 1.29 is 4.79 Å². The second-order valence-corrected chi connectivity index (χ2v) is 3.70. The number of nitrogens with zero attached hydrogens (tertiary/aromatic N) is 3. The van der Waals surface area contributed by atoms with E-state index in [0.29, 0.717) is 16.4 Å². The molecule has 0 atom stereocenters. The molecule has 16 heavy (non-hydrogen) atoms. The van der Waals surface area contributed by atoms with Crippen molar-refractivity contribution in [3.8, 4) is 0 Å². The SMILES string of the molecule is CNc1cc(C(=O)Nc2cnns2)ccn1. The van der Waals surface area contributed by atoms with Gasteiger partial charge in [0.15, 0.2) is 0 Å². The summed E-state index contributed by atoms with van der Waals surface area (Å²) in [5, 5.41) is 9.81. The van der Waals surface area contributed by atoms with Gasteiger partial charge in [-0.15, -0.1) is 5.10 Å². The Balaban J connectivity index is 2.14. The summed E-state index contributed by atoms with van der Waals surface area (Å²) < 4.78 is 3.65. The number of aromatic nitrogens is 3. The Morgan fingerprint density at radius 1 is 1.50 bits per heavy atom. The van der Waals surface area contributed by atoms with Crippen LogP contribution in [-0.2, 0) is 0 Å². The number of anilines is 2. The third kappa shape index (κ3) is 2.31. The van der Waals surface area contributed by atoms with Crippen molar-refractivity contribution in [2.75, 3.05) is 17.7 Å². The molecule has 0 bridgehead atoms. The highest BCUT2D eigenvalue weighted by molar-refractivity contribution is 7.10. The van der Waals surface area contributed by atoms with Crippen LogP contribution in [-0.4, -0.2) is 27.5 Å². The van der Waals surface area contributed by atoms with Gasteiger partial charge in [0.1, 0.15) is 10.8 Å². The second kappa shape index (κ2) is 4.67. The standard InChI is InChI=1S/C9H9N5OS/c1-10-7-4-6(2-3-11-7)9(15)13-8-5-12-14-16-8/h2-5H,1H3,(H,10,11)(H,13,15). The molecular weight excluding hydrogens is 226 g/mol. The number of amides is 1. The number of rotatable bonds is 3. The summed E-state index contributed by atoms with van der Waals surface area (Å²) in [7, 11) is 1.75. The van der Waals surface area contributed by atoms with Gasteiger partial charge in [0.05, 0.1) is 6.20 Å². The largest absolute Gasteiger partial charge is 0.373 e. The summed E-state index contributed by atoms with van der Waals surface area (Å²) in [6.45, 7) is 0. The minimum Gasteiger partial charge on any atom is -0.373 e. The Morgan fingerprint density at radius 3 is 3.06 bits per heavy atom. The van der Waals surface area contributed by atoms with E-state index in [2.05, 4.69) is 25.2 Å². The zero-order valence-electron chi connectivity index (χ0n) is 8.47. The molecule has 0 aromatic carbocycles. The minimum atomic E-state index is -0.204. The topological polar surface area (TPSA) is 79.8 Å². The maximum atomic E-state index is 11.8. The van der Waals surface area contributed by atoms with E-state index in [0.717, 1.165) is 11.5 Å². The molecule has 0 spiro atoms. The molecule has 0 saturated carbocycles. The second-order valence-electron chi connectivity index (χ2n) is 2.92. The molecule has 0 aliphatic rings. The van der Waals surface area contributed by atoms with E-state index in [1.807, 2.05) is 0 Å². The number of carbonyl (C=O) groups excluding carboxylic acids is 1. The van der Waals surface area contributed by atoms with Crippen molar-refractivity contribution in [2.45, 2.75) is 0 Å². The van der Waals surface area contributed by atoms with Crippen molar-refractivity contribution in [3.05, 3.63) is 30.1 Å². The maximum absolute atomic E-state index is 11.8. The van der Waals surface area contributed by atoms with Gasteiger partial charge in [-0.1, -0.05) is 4.49 Å². The average molecular weight is 235 g/mol. The van der Waals surface area contributed by atoms with E-state index in [-0.39, 0.29) is 5.91 Å². The van der Waals surface area contributed by atoms with Gasteiger partial charge in [0, 0.05) is 30.3 Å². The molecule has 0 aliphatic carbocycles. The molecule has 2 heterocycles. The summed E-state index contributed by atoms with van der Waals surface area (Å²) in [6, 6.07) is 3.31. The number of hydrogen-bond donors (Lipinski definition) is 2. The zero-order chi connectivity index (χ0) is 11.4. The highest BCUT2D eigenvalue weighted by Gasteiger charge is 2.07. The fourth-order valence-electron chi connectivity index (χ4n) is 1.11. The molecule has 1 amide bonds. The normalized spacial score (nSPS) is 9.81. The lowest BCUT2D eigenvalue weighted by molar-refractivity contribution is 0.102. The van der Waals surface area contributed by atoms with Crippen LogP contribution >= 0.6 is 11.5 Å². The van der Waals surface area contributed by atoms with E-state index in [1.54, 1.807) is 25.4 Å². The molecule has 6 nitrogen and oxygen atoms in total. The first kappa shape index (κ1) is 10.5. The quantitative estimate of drug-likeness (QED) is 0.836. The third-order valence-electron chi connectivity index (χ3n) is 1.88. The Labute approximate surface area is 95.9 Å². The van der Waals surface area contributed by atoms with Crippen molar-refractivity contribution in [3.63, 3.8) is 0 Å². The molecule has 2 rings (SSSR count). The van der Waals surface area contributed by atoms with Crippen molar-refractivity contribution >= 4 is 28.3 Å². The smallest absolute Gasteiger partial charge is 0.256 e. The van der Waals surface area contributed by atoms with Crippen LogP contribution in [0.1, 0.15) is 10.4 Å². The van der Waals surface area contributed by atoms with Gasteiger partial charge in [-0.05, 0) is 12.1 Å². The van der Waals surface area contributed by atoms with Gasteiger partial charge in [0.2, 0.25) is 0 Å². The van der Waals surface area contributed by atoms with Gasteiger partial charge in [-0.3, -0.25) is 4.79 Å². The fraction of sp³-hybridized carbons (Fsp3) is 0.111. The Bertz CT molecular complexity index is 484. The van der Waals surface area contributed by atoms with Crippen LogP contribution in [0.3, 0.4) is 0 Å². The molecule has 0 fully saturated rings. The number of carbonyl (C=O) groups is 1. The summed E-state index contributed by atoms with van der Waals surface area (Å²) in [5.74, 6) is 0.444. The summed E-state index contributed by atoms with van der Waals surface area (Å²) in [4.78, 5) is 15.8. The predicted molar refractivity (Wildman–Crippen MR) is 61.6 cm³/mol. The summed E-state index contributed by atoms with van der Waals surface area (Å²) in [6.07, 6.45) is 3.08. The Morgan fingerprint density at radius 2 is 2.38 bits per heavy atom. The lowest BCUT2D eigenvalue weighted by Crippen LogP contribution is -2.11. The Hall–Kier alpha value is -2.02. The van der Waals surface area contributed by atoms with Crippen LogP contribution in [0.2, 0.25) is 0 Å². The van der Waals surface area contributed by atoms with E-state index in [4.69, 9.17) is 0 Å². The average Bonchev–Trinajstić information content (AvgIpc) is 2.82. The third-order valence-corrected chi connectivity index (χ3v) is 2.46. The molecule has 0 unspecified atom stereocenters. The highest BCUT2D eigenvalue weighted by Crippen LogP contribution is 2.12. The van der Waals surface area contributed by atoms with Crippen LogP contribution in [0.5, 0.6) is 0 Å². The summed E-state index contributed by atoms with van der Waals surface area (Å²) in [5.41, 5.74) is 0.535. The van der Waals surface area contributed by atoms with Crippen LogP contribution in [0, 0.1) is 0 Å². The lowest BCUT2D eigenvalue weighted by atomic mass is 10.2. The molecule has 2 N–H and O–H groups in total. The number of pyridine rings is 1. The fourth-order valence-corrected chi connectivity index (χ4v) is 1.53. The molecule has 2 aromatic heterocycles. The lowest BCUT2D eigenvalue weighted by Gasteiger charge is -2.03. The Kier molecular flexibility index (Phi) is 3.06. The van der Waals surface area contributed by atoms with Crippen molar-refractivity contribution in [2.24, 2.45) is 0 Å². The number of nitrogens with one attached hydrogen (secondary N) is 2. The molecule has 0 aliphatic heterocycles. The van der Waals surface area contributed by atoms with Crippen LogP contribution < -0.4 is 10.6 Å². The first-order valence-electron chi connectivity index (χ1n) is 4.52. The van der Waals surface area contributed by atoms with Gasteiger partial charge >= 0.3 is 0 Å². The predicted octanol–water partition coefficient (Wildman–Crippen LogP) is 1.23. The molecule has 82 valence electrons. The van der Waals surface area contributed by atoms with E-state index in [9.17, 15) is 4.79 Å². The van der Waals surface area contributed by atoms with Crippen molar-refractivity contribution in [1.82, 2.24) is 14.6 Å². The van der Waals surface area contributed by atoms with E-state index >= 15 is 0 Å². The molecule has 0 radical (unpaired) electrons. The van der Waals surface area contributed by atoms with Gasteiger partial charge < -0.3 is 10.6 Å². The molecule has 7 heteroatoms. The van der Waals surface area contributed by atoms with Gasteiger partial charge in [0.25, 0.3) is 5.91 Å². The van der Waals surface area contributed by atoms with Gasteiger partial charge in [-0.2, -0.15) is 0 Å². The van der Waals surface area contributed by atoms with E-state index in [1.165, 1.54) is 6.20 Å². The monoisotopic (exact) mass is 235 g/mol. The van der Waals surface area contributed by atoms with Crippen LogP contribution in [0.4, 0.5) is 10.8 Å². The molecule has 0 saturated heterocycles. The van der Waals surface area contributed by atoms with Gasteiger partial charge in [-0.25, -0.2) is 4.98 Å². The minimum absolute atomic E-state index is 0.204. The van der Waals surface area contributed by atoms with E-state index < -0.39 is 0 Å². The number of hydrogen-bond acceptors (Lipinski definition) is 6. The highest BCUT2D eigenvalue weighted by atomic mass is 32.1. The zero-order valence-corrected chi connectivity index (χ0v) is 9.28. The van der Waals surface area contributed by atoms with Crippen LogP contribution in [0.15, 0.2) is 24.5 Å². The first-order valence-corrected chi connectivity index (χ1v) is 5.29. The molecule has 2 aromatic rings. The summed E-state index contributed by atoms with van der Waals surface area (Å²) >= 11 is 1.13.